The predicted octanol–water partition coefficient (Wildman–Crippen LogP) is 6.16. The summed E-state index contributed by atoms with van der Waals surface area (Å²) in [5.41, 5.74) is 4.02. The third-order valence-electron chi connectivity index (χ3n) is 7.89. The highest BCUT2D eigenvalue weighted by molar-refractivity contribution is 6.17. The summed E-state index contributed by atoms with van der Waals surface area (Å²) >= 11 is 0. The molecule has 2 aliphatic heterocycles. The minimum atomic E-state index is -1.52. The first kappa shape index (κ1) is 25.2. The molecule has 1 aromatic heterocycles. The van der Waals surface area contributed by atoms with Crippen molar-refractivity contribution in [3.8, 4) is 34.5 Å². The van der Waals surface area contributed by atoms with Crippen LogP contribution >= 0.6 is 0 Å². The molecule has 204 valence electrons. The Hall–Kier alpha value is -5.81. The zero-order chi connectivity index (χ0) is 28.8. The number of nitriles is 1. The van der Waals surface area contributed by atoms with E-state index in [0.29, 0.717) is 45.5 Å². The molecular weight excluding hydrogens is 526 g/mol. The van der Waals surface area contributed by atoms with Gasteiger partial charge in [0.25, 0.3) is 0 Å². The van der Waals surface area contributed by atoms with E-state index in [9.17, 15) is 10.1 Å². The van der Waals surface area contributed by atoms with Crippen LogP contribution in [-0.4, -0.2) is 29.9 Å². The van der Waals surface area contributed by atoms with Crippen molar-refractivity contribution in [3.63, 3.8) is 0 Å². The second-order valence-electron chi connectivity index (χ2n) is 10.0. The molecule has 3 heterocycles. The molecule has 1 spiro atoms. The number of aromatic nitrogens is 2. The van der Waals surface area contributed by atoms with Crippen LogP contribution in [0.3, 0.4) is 0 Å². The van der Waals surface area contributed by atoms with Crippen LogP contribution in [0.4, 0.5) is 11.5 Å². The lowest BCUT2D eigenvalue weighted by molar-refractivity contribution is -0.118. The Balaban J connectivity index is 1.64. The Labute approximate surface area is 242 Å². The molecular formula is C34H25N5O3. The van der Waals surface area contributed by atoms with Gasteiger partial charge in [-0.1, -0.05) is 48.5 Å². The monoisotopic (exact) mass is 551 g/mol. The number of fused-ring (bicyclic) bond motifs is 4. The van der Waals surface area contributed by atoms with Crippen LogP contribution < -0.4 is 20.1 Å². The molecule has 4 aromatic carbocycles. The van der Waals surface area contributed by atoms with Gasteiger partial charge in [0, 0.05) is 22.4 Å². The summed E-state index contributed by atoms with van der Waals surface area (Å²) in [6.45, 7) is 0. The first-order chi connectivity index (χ1) is 20.6. The van der Waals surface area contributed by atoms with E-state index >= 15 is 0 Å². The van der Waals surface area contributed by atoms with Gasteiger partial charge in [0.15, 0.2) is 0 Å². The van der Waals surface area contributed by atoms with Crippen LogP contribution in [0.25, 0.3) is 22.6 Å². The minimum absolute atomic E-state index is 0.259. The Kier molecular flexibility index (Phi) is 5.80. The lowest BCUT2D eigenvalue weighted by Gasteiger charge is -2.35. The van der Waals surface area contributed by atoms with Gasteiger partial charge in [0.05, 0.1) is 42.9 Å². The number of rotatable bonds is 5. The van der Waals surface area contributed by atoms with E-state index in [2.05, 4.69) is 16.7 Å². The molecule has 0 radical (unpaired) electrons. The van der Waals surface area contributed by atoms with Gasteiger partial charge >= 0.3 is 0 Å². The fourth-order valence-electron chi connectivity index (χ4n) is 5.95. The molecule has 0 saturated carbocycles. The molecule has 0 unspecified atom stereocenters. The number of ether oxygens (including phenoxy) is 2. The molecule has 0 aliphatic carbocycles. The highest BCUT2D eigenvalue weighted by atomic mass is 16.5. The molecule has 42 heavy (non-hydrogen) atoms. The maximum Gasteiger partial charge on any atom is 0.245 e. The molecule has 2 aliphatic rings. The first-order valence-electron chi connectivity index (χ1n) is 13.4. The Bertz CT molecular complexity index is 1920. The highest BCUT2D eigenvalue weighted by Gasteiger charge is 2.58. The SMILES string of the molecule is COc1ccc(C2=C(C#N)[C@]3(C(=O)Nc4ccc(OC)cc43)c3c(-c4ccccc4)nn(-c4ccccc4)c3N2)cc1. The lowest BCUT2D eigenvalue weighted by Crippen LogP contribution is -2.41. The van der Waals surface area contributed by atoms with Crippen LogP contribution in [0.2, 0.25) is 0 Å². The predicted molar refractivity (Wildman–Crippen MR) is 161 cm³/mol. The second kappa shape index (κ2) is 9.68. The van der Waals surface area contributed by atoms with Crippen molar-refractivity contribution in [3.05, 3.63) is 125 Å². The van der Waals surface area contributed by atoms with Gasteiger partial charge in [-0.15, -0.1) is 0 Å². The normalized spacial score (nSPS) is 16.7. The van der Waals surface area contributed by atoms with Gasteiger partial charge < -0.3 is 20.1 Å². The number of methoxy groups -OCH3 is 2. The fraction of sp³-hybridized carbons (Fsp3) is 0.0882. The fourth-order valence-corrected chi connectivity index (χ4v) is 5.95. The summed E-state index contributed by atoms with van der Waals surface area (Å²) in [4.78, 5) is 14.5. The van der Waals surface area contributed by atoms with Crippen molar-refractivity contribution in [2.24, 2.45) is 0 Å². The van der Waals surface area contributed by atoms with Crippen molar-refractivity contribution in [2.45, 2.75) is 5.41 Å². The highest BCUT2D eigenvalue weighted by Crippen LogP contribution is 2.57. The van der Waals surface area contributed by atoms with Gasteiger partial charge in [0.1, 0.15) is 22.7 Å². The summed E-state index contributed by atoms with van der Waals surface area (Å²) in [6, 6.07) is 34.7. The average Bonchev–Trinajstić information content (AvgIpc) is 3.57. The molecule has 1 atom stereocenters. The second-order valence-corrected chi connectivity index (χ2v) is 10.0. The van der Waals surface area contributed by atoms with Crippen LogP contribution in [0.5, 0.6) is 11.5 Å². The van der Waals surface area contributed by atoms with Crippen molar-refractivity contribution in [1.29, 1.82) is 5.26 Å². The van der Waals surface area contributed by atoms with Crippen molar-refractivity contribution in [2.75, 3.05) is 24.9 Å². The van der Waals surface area contributed by atoms with Crippen molar-refractivity contribution >= 4 is 23.1 Å². The lowest BCUT2D eigenvalue weighted by atomic mass is 9.66. The smallest absolute Gasteiger partial charge is 0.245 e. The molecule has 2 N–H and O–H groups in total. The number of nitrogens with one attached hydrogen (secondary N) is 2. The number of anilines is 2. The number of carbonyl (C=O) groups excluding carboxylic acids is 1. The van der Waals surface area contributed by atoms with E-state index in [4.69, 9.17) is 14.6 Å². The van der Waals surface area contributed by atoms with E-state index in [1.807, 2.05) is 102 Å². The molecule has 7 rings (SSSR count). The van der Waals surface area contributed by atoms with Gasteiger partial charge in [-0.05, 0) is 60.2 Å². The summed E-state index contributed by atoms with van der Waals surface area (Å²) < 4.78 is 12.8. The Morgan fingerprint density at radius 3 is 2.14 bits per heavy atom. The van der Waals surface area contributed by atoms with Gasteiger partial charge in [-0.3, -0.25) is 4.79 Å². The van der Waals surface area contributed by atoms with Crippen LogP contribution in [0.15, 0.2) is 109 Å². The number of hydrogen-bond donors (Lipinski definition) is 2. The van der Waals surface area contributed by atoms with E-state index in [1.54, 1.807) is 20.3 Å². The largest absolute Gasteiger partial charge is 0.497 e. The number of benzene rings is 4. The number of para-hydroxylation sites is 1. The summed E-state index contributed by atoms with van der Waals surface area (Å²) in [5.74, 6) is 1.51. The third-order valence-corrected chi connectivity index (χ3v) is 7.89. The van der Waals surface area contributed by atoms with Crippen LogP contribution in [0.1, 0.15) is 16.7 Å². The Morgan fingerprint density at radius 1 is 0.810 bits per heavy atom. The number of carbonyl (C=O) groups is 1. The van der Waals surface area contributed by atoms with Crippen LogP contribution in [-0.2, 0) is 10.2 Å². The van der Waals surface area contributed by atoms with Gasteiger partial charge in [0.2, 0.25) is 5.91 Å². The number of nitrogens with zero attached hydrogens (tertiary/aromatic N) is 3. The molecule has 5 aromatic rings. The van der Waals surface area contributed by atoms with Gasteiger partial charge in [-0.25, -0.2) is 4.68 Å². The van der Waals surface area contributed by atoms with E-state index in [-0.39, 0.29) is 11.5 Å². The quantitative estimate of drug-likeness (QED) is 0.272. The van der Waals surface area contributed by atoms with Crippen molar-refractivity contribution < 1.29 is 14.3 Å². The number of hydrogen-bond acceptors (Lipinski definition) is 6. The van der Waals surface area contributed by atoms with E-state index in [0.717, 1.165) is 16.8 Å². The maximum atomic E-state index is 14.5. The molecule has 8 nitrogen and oxygen atoms in total. The topological polar surface area (TPSA) is 101 Å². The molecule has 8 heteroatoms. The Morgan fingerprint density at radius 2 is 1.48 bits per heavy atom. The van der Waals surface area contributed by atoms with Gasteiger partial charge in [-0.2, -0.15) is 10.4 Å². The minimum Gasteiger partial charge on any atom is -0.497 e. The van der Waals surface area contributed by atoms with Crippen LogP contribution in [0, 0.1) is 11.3 Å². The van der Waals surface area contributed by atoms with E-state index < -0.39 is 5.41 Å². The molecule has 1 amide bonds. The standard InChI is InChI=1S/C34H25N5O3/c1-41-24-15-13-22(14-16-24)30-27(20-35)34(26-19-25(42-2)17-18-28(26)36-33(34)40)29-31(21-9-5-3-6-10-21)38-39(32(29)37-30)23-11-7-4-8-12-23/h3-19,37H,1-2H3,(H,36,40)/t34-/m0/s1. The number of amides is 1. The summed E-state index contributed by atoms with van der Waals surface area (Å²) in [5, 5.41) is 22.6. The zero-order valence-electron chi connectivity index (χ0n) is 22.9. The molecule has 0 bridgehead atoms. The summed E-state index contributed by atoms with van der Waals surface area (Å²) in [6.07, 6.45) is 0. The maximum absolute atomic E-state index is 14.5. The van der Waals surface area contributed by atoms with Crippen molar-refractivity contribution in [1.82, 2.24) is 9.78 Å². The van der Waals surface area contributed by atoms with E-state index in [1.165, 1.54) is 0 Å². The molecule has 0 saturated heterocycles. The zero-order valence-corrected chi connectivity index (χ0v) is 22.9. The third kappa shape index (κ3) is 3.54. The first-order valence-corrected chi connectivity index (χ1v) is 13.4. The summed E-state index contributed by atoms with van der Waals surface area (Å²) in [7, 11) is 3.19. The average molecular weight is 552 g/mol. The molecule has 0 fully saturated rings.